The van der Waals surface area contributed by atoms with E-state index in [1.807, 2.05) is 30.3 Å². The molecule has 1 aliphatic rings. The maximum Gasteiger partial charge on any atom is 0.329 e. The summed E-state index contributed by atoms with van der Waals surface area (Å²) in [6.07, 6.45) is 0.290. The molecule has 1 aromatic carbocycles. The lowest BCUT2D eigenvalue weighted by molar-refractivity contribution is -0.120. The van der Waals surface area contributed by atoms with Crippen molar-refractivity contribution in [3.8, 4) is 0 Å². The average molecular weight is 320 g/mol. The molecule has 0 radical (unpaired) electrons. The molecule has 1 saturated heterocycles. The number of carbonyl (C=O) groups is 2. The number of pyridine rings is 1. The van der Waals surface area contributed by atoms with Crippen molar-refractivity contribution in [2.24, 2.45) is 0 Å². The van der Waals surface area contributed by atoms with Crippen LogP contribution in [0, 0.1) is 0 Å². The zero-order chi connectivity index (χ0) is 13.4. The second kappa shape index (κ2) is 4.62. The number of imide groups is 1. The second-order valence-electron chi connectivity index (χ2n) is 4.25. The van der Waals surface area contributed by atoms with Gasteiger partial charge in [0.05, 0.1) is 0 Å². The monoisotopic (exact) mass is 319 g/mol. The standard InChI is InChI=1S/C13H10BrN3O2/c14-12-9-4-2-1-3-8(9)7-10(15-12)17-6-5-11(18)16-13(17)19/h1-4,7H,5-6H2,(H,16,18,19). The van der Waals surface area contributed by atoms with Crippen LogP contribution in [0.25, 0.3) is 10.8 Å². The summed E-state index contributed by atoms with van der Waals surface area (Å²) in [5.74, 6) is 0.289. The predicted molar refractivity (Wildman–Crippen MR) is 74.9 cm³/mol. The van der Waals surface area contributed by atoms with Crippen molar-refractivity contribution < 1.29 is 9.59 Å². The van der Waals surface area contributed by atoms with E-state index in [1.54, 1.807) is 0 Å². The van der Waals surface area contributed by atoms with E-state index in [1.165, 1.54) is 4.90 Å². The van der Waals surface area contributed by atoms with Crippen LogP contribution in [-0.4, -0.2) is 23.5 Å². The molecule has 0 atom stereocenters. The van der Waals surface area contributed by atoms with Crippen molar-refractivity contribution in [2.45, 2.75) is 6.42 Å². The van der Waals surface area contributed by atoms with Gasteiger partial charge >= 0.3 is 6.03 Å². The van der Waals surface area contributed by atoms with E-state index in [4.69, 9.17) is 0 Å². The smallest absolute Gasteiger partial charge is 0.278 e. The topological polar surface area (TPSA) is 62.3 Å². The van der Waals surface area contributed by atoms with Crippen LogP contribution in [0.1, 0.15) is 6.42 Å². The summed E-state index contributed by atoms with van der Waals surface area (Å²) >= 11 is 3.41. The van der Waals surface area contributed by atoms with Crippen LogP contribution in [0.3, 0.4) is 0 Å². The molecule has 96 valence electrons. The molecule has 1 fully saturated rings. The average Bonchev–Trinajstić information content (AvgIpc) is 2.38. The van der Waals surface area contributed by atoms with Crippen molar-refractivity contribution in [3.63, 3.8) is 0 Å². The molecular weight excluding hydrogens is 310 g/mol. The quantitative estimate of drug-likeness (QED) is 0.821. The van der Waals surface area contributed by atoms with Crippen molar-refractivity contribution in [2.75, 3.05) is 11.4 Å². The number of amides is 3. The van der Waals surface area contributed by atoms with Crippen molar-refractivity contribution in [3.05, 3.63) is 34.9 Å². The summed E-state index contributed by atoms with van der Waals surface area (Å²) in [4.78, 5) is 28.8. The number of hydrogen-bond acceptors (Lipinski definition) is 3. The van der Waals surface area contributed by atoms with Crippen LogP contribution in [0.15, 0.2) is 34.9 Å². The maximum atomic E-state index is 11.8. The molecule has 1 aliphatic heterocycles. The van der Waals surface area contributed by atoms with Gasteiger partial charge in [0.1, 0.15) is 10.4 Å². The minimum atomic E-state index is -0.425. The number of benzene rings is 1. The van der Waals surface area contributed by atoms with Gasteiger partial charge < -0.3 is 0 Å². The number of fused-ring (bicyclic) bond motifs is 1. The number of nitrogens with zero attached hydrogens (tertiary/aromatic N) is 2. The van der Waals surface area contributed by atoms with Gasteiger partial charge in [-0.1, -0.05) is 24.3 Å². The molecule has 3 rings (SSSR count). The number of hydrogen-bond donors (Lipinski definition) is 1. The first kappa shape index (κ1) is 12.1. The zero-order valence-electron chi connectivity index (χ0n) is 9.89. The molecule has 0 bridgehead atoms. The highest BCUT2D eigenvalue weighted by Crippen LogP contribution is 2.27. The first-order valence-corrected chi connectivity index (χ1v) is 6.61. The lowest BCUT2D eigenvalue weighted by atomic mass is 10.2. The molecule has 0 saturated carbocycles. The van der Waals surface area contributed by atoms with E-state index in [-0.39, 0.29) is 12.3 Å². The van der Waals surface area contributed by atoms with Gasteiger partial charge in [-0.25, -0.2) is 9.78 Å². The summed E-state index contributed by atoms with van der Waals surface area (Å²) in [6.45, 7) is 0.350. The van der Waals surface area contributed by atoms with Gasteiger partial charge in [0.25, 0.3) is 0 Å². The molecule has 5 nitrogen and oxygen atoms in total. The minimum Gasteiger partial charge on any atom is -0.278 e. The van der Waals surface area contributed by atoms with Crippen molar-refractivity contribution >= 4 is 44.5 Å². The fourth-order valence-corrected chi connectivity index (χ4v) is 2.61. The van der Waals surface area contributed by atoms with Crippen molar-refractivity contribution in [1.29, 1.82) is 0 Å². The first-order chi connectivity index (χ1) is 9.15. The second-order valence-corrected chi connectivity index (χ2v) is 5.00. The molecule has 6 heteroatoms. The summed E-state index contributed by atoms with van der Waals surface area (Å²) in [6, 6.07) is 9.19. The third-order valence-electron chi connectivity index (χ3n) is 3.01. The van der Waals surface area contributed by atoms with Gasteiger partial charge in [-0.15, -0.1) is 0 Å². The molecule has 0 unspecified atom stereocenters. The number of rotatable bonds is 1. The Bertz CT molecular complexity index is 687. The summed E-state index contributed by atoms with van der Waals surface area (Å²) in [5, 5.41) is 4.26. The van der Waals surface area contributed by atoms with E-state index in [0.717, 1.165) is 10.8 Å². The fourth-order valence-electron chi connectivity index (χ4n) is 2.06. The van der Waals surface area contributed by atoms with Gasteiger partial charge in [0, 0.05) is 18.4 Å². The Balaban J connectivity index is 2.06. The summed E-state index contributed by atoms with van der Waals surface area (Å²) in [5.41, 5.74) is 0. The number of anilines is 1. The van der Waals surface area contributed by atoms with Crippen LogP contribution < -0.4 is 10.2 Å². The fraction of sp³-hybridized carbons (Fsp3) is 0.154. The van der Waals surface area contributed by atoms with Crippen LogP contribution in [0.4, 0.5) is 10.6 Å². The van der Waals surface area contributed by atoms with Crippen LogP contribution in [0.2, 0.25) is 0 Å². The van der Waals surface area contributed by atoms with Crippen LogP contribution in [-0.2, 0) is 4.79 Å². The van der Waals surface area contributed by atoms with Crippen molar-refractivity contribution in [1.82, 2.24) is 10.3 Å². The zero-order valence-corrected chi connectivity index (χ0v) is 11.5. The Morgan fingerprint density at radius 3 is 2.84 bits per heavy atom. The van der Waals surface area contributed by atoms with Gasteiger partial charge in [0.2, 0.25) is 5.91 Å². The number of urea groups is 1. The summed E-state index contributed by atoms with van der Waals surface area (Å²) < 4.78 is 0.685. The van der Waals surface area contributed by atoms with E-state index >= 15 is 0 Å². The minimum absolute atomic E-state index is 0.249. The van der Waals surface area contributed by atoms with E-state index in [2.05, 4.69) is 26.2 Å². The predicted octanol–water partition coefficient (Wildman–Crippen LogP) is 2.44. The lowest BCUT2D eigenvalue weighted by Gasteiger charge is -2.25. The Morgan fingerprint density at radius 2 is 2.05 bits per heavy atom. The molecule has 0 aliphatic carbocycles. The largest absolute Gasteiger partial charge is 0.329 e. The molecule has 0 spiro atoms. The van der Waals surface area contributed by atoms with Crippen LogP contribution >= 0.6 is 15.9 Å². The third kappa shape index (κ3) is 2.19. The number of nitrogens with one attached hydrogen (secondary N) is 1. The molecule has 1 N–H and O–H groups in total. The van der Waals surface area contributed by atoms with Gasteiger partial charge in [-0.3, -0.25) is 15.0 Å². The van der Waals surface area contributed by atoms with E-state index in [0.29, 0.717) is 17.0 Å². The van der Waals surface area contributed by atoms with Crippen LogP contribution in [0.5, 0.6) is 0 Å². The number of halogens is 1. The van der Waals surface area contributed by atoms with Gasteiger partial charge in [-0.2, -0.15) is 0 Å². The Labute approximate surface area is 117 Å². The molecule has 19 heavy (non-hydrogen) atoms. The van der Waals surface area contributed by atoms with Gasteiger partial charge in [-0.05, 0) is 27.4 Å². The highest BCUT2D eigenvalue weighted by Gasteiger charge is 2.25. The van der Waals surface area contributed by atoms with E-state index in [9.17, 15) is 9.59 Å². The Morgan fingerprint density at radius 1 is 1.26 bits per heavy atom. The van der Waals surface area contributed by atoms with Gasteiger partial charge in [0.15, 0.2) is 0 Å². The number of aromatic nitrogens is 1. The molecule has 3 amide bonds. The molecule has 2 heterocycles. The molecule has 1 aromatic heterocycles. The van der Waals surface area contributed by atoms with E-state index < -0.39 is 6.03 Å². The SMILES string of the molecule is O=C1CCN(c2cc3ccccc3c(Br)n2)C(=O)N1. The maximum absolute atomic E-state index is 11.8. The normalized spacial score (nSPS) is 15.7. The summed E-state index contributed by atoms with van der Waals surface area (Å²) in [7, 11) is 0. The third-order valence-corrected chi connectivity index (χ3v) is 3.62. The lowest BCUT2D eigenvalue weighted by Crippen LogP contribution is -2.49. The highest BCUT2D eigenvalue weighted by atomic mass is 79.9. The highest BCUT2D eigenvalue weighted by molar-refractivity contribution is 9.10. The molecule has 2 aromatic rings. The first-order valence-electron chi connectivity index (χ1n) is 5.82. The molecular formula is C13H10BrN3O2. The number of carbonyl (C=O) groups excluding carboxylic acids is 2. The Hall–Kier alpha value is -1.95. The Kier molecular flexibility index (Phi) is 2.94.